The SMILES string of the molecule is CCCCN(C(C)CC)S(=O)(=O)c1cc(Cl)ccc1N. The molecule has 0 aromatic heterocycles. The van der Waals surface area contributed by atoms with Gasteiger partial charge in [0.25, 0.3) is 0 Å². The van der Waals surface area contributed by atoms with E-state index in [1.165, 1.54) is 16.4 Å². The van der Waals surface area contributed by atoms with Crippen molar-refractivity contribution in [2.45, 2.75) is 51.0 Å². The Bertz CT molecular complexity index is 546. The van der Waals surface area contributed by atoms with E-state index < -0.39 is 10.0 Å². The van der Waals surface area contributed by atoms with E-state index in [1.807, 2.05) is 20.8 Å². The second-order valence-electron chi connectivity index (χ2n) is 4.91. The van der Waals surface area contributed by atoms with Gasteiger partial charge in [-0.3, -0.25) is 0 Å². The predicted molar refractivity (Wildman–Crippen MR) is 84.4 cm³/mol. The topological polar surface area (TPSA) is 63.4 Å². The molecule has 1 atom stereocenters. The minimum Gasteiger partial charge on any atom is -0.398 e. The fourth-order valence-electron chi connectivity index (χ4n) is 1.95. The lowest BCUT2D eigenvalue weighted by Gasteiger charge is -2.28. The zero-order valence-electron chi connectivity index (χ0n) is 12.3. The number of nitrogens with zero attached hydrogens (tertiary/aromatic N) is 1. The highest BCUT2D eigenvalue weighted by Crippen LogP contribution is 2.27. The monoisotopic (exact) mass is 318 g/mol. The third kappa shape index (κ3) is 3.87. The zero-order valence-corrected chi connectivity index (χ0v) is 13.8. The third-order valence-electron chi connectivity index (χ3n) is 3.38. The molecule has 0 heterocycles. The first kappa shape index (κ1) is 17.3. The summed E-state index contributed by atoms with van der Waals surface area (Å²) in [6.45, 7) is 6.42. The number of nitrogen functional groups attached to an aromatic ring is 1. The van der Waals surface area contributed by atoms with Crippen LogP contribution in [0.5, 0.6) is 0 Å². The Balaban J connectivity index is 3.24. The standard InChI is InChI=1S/C14H23ClN2O2S/c1-4-6-9-17(11(3)5-2)20(18,19)14-10-12(15)7-8-13(14)16/h7-8,10-11H,4-6,9,16H2,1-3H3. The van der Waals surface area contributed by atoms with E-state index >= 15 is 0 Å². The molecule has 1 aromatic carbocycles. The highest BCUT2D eigenvalue weighted by Gasteiger charge is 2.29. The molecule has 0 aliphatic heterocycles. The zero-order chi connectivity index (χ0) is 15.3. The van der Waals surface area contributed by atoms with Crippen molar-refractivity contribution < 1.29 is 8.42 Å². The van der Waals surface area contributed by atoms with Crippen molar-refractivity contribution in [2.24, 2.45) is 0 Å². The average Bonchev–Trinajstić information content (AvgIpc) is 2.41. The van der Waals surface area contributed by atoms with Crippen LogP contribution in [0.1, 0.15) is 40.0 Å². The first-order valence-electron chi connectivity index (χ1n) is 6.91. The van der Waals surface area contributed by atoms with Crippen molar-refractivity contribution in [3.05, 3.63) is 23.2 Å². The summed E-state index contributed by atoms with van der Waals surface area (Å²) in [5.74, 6) is 0. The second-order valence-corrected chi connectivity index (χ2v) is 7.20. The van der Waals surface area contributed by atoms with Gasteiger partial charge in [-0.2, -0.15) is 4.31 Å². The van der Waals surface area contributed by atoms with E-state index in [0.717, 1.165) is 19.3 Å². The van der Waals surface area contributed by atoms with Gasteiger partial charge in [0.1, 0.15) is 4.90 Å². The molecule has 0 aliphatic carbocycles. The number of nitrogens with two attached hydrogens (primary N) is 1. The summed E-state index contributed by atoms with van der Waals surface area (Å²) < 4.78 is 27.1. The number of rotatable bonds is 7. The first-order chi connectivity index (χ1) is 9.34. The second kappa shape index (κ2) is 7.29. The van der Waals surface area contributed by atoms with Crippen LogP contribution >= 0.6 is 11.6 Å². The summed E-state index contributed by atoms with van der Waals surface area (Å²) in [6, 6.07) is 4.48. The van der Waals surface area contributed by atoms with Crippen molar-refractivity contribution in [1.29, 1.82) is 0 Å². The Hall–Kier alpha value is -0.780. The molecular weight excluding hydrogens is 296 g/mol. The molecule has 1 rings (SSSR count). The van der Waals surface area contributed by atoms with E-state index in [-0.39, 0.29) is 16.6 Å². The number of hydrogen-bond donors (Lipinski definition) is 1. The summed E-state index contributed by atoms with van der Waals surface area (Å²) in [5.41, 5.74) is 6.05. The maximum Gasteiger partial charge on any atom is 0.245 e. The molecule has 2 N–H and O–H groups in total. The molecule has 0 radical (unpaired) electrons. The van der Waals surface area contributed by atoms with Crippen LogP contribution in [0.4, 0.5) is 5.69 Å². The molecule has 0 saturated heterocycles. The minimum absolute atomic E-state index is 0.0649. The molecule has 0 amide bonds. The first-order valence-corrected chi connectivity index (χ1v) is 8.73. The Kier molecular flexibility index (Phi) is 6.30. The van der Waals surface area contributed by atoms with Gasteiger partial charge in [-0.05, 0) is 38.0 Å². The van der Waals surface area contributed by atoms with Gasteiger partial charge in [0.15, 0.2) is 0 Å². The maximum absolute atomic E-state index is 12.8. The van der Waals surface area contributed by atoms with E-state index in [9.17, 15) is 8.42 Å². The van der Waals surface area contributed by atoms with Gasteiger partial charge in [0.2, 0.25) is 10.0 Å². The smallest absolute Gasteiger partial charge is 0.245 e. The molecule has 6 heteroatoms. The molecule has 0 aliphatic rings. The minimum atomic E-state index is -3.61. The molecule has 0 spiro atoms. The number of sulfonamides is 1. The molecule has 0 bridgehead atoms. The fourth-order valence-corrected chi connectivity index (χ4v) is 4.08. The van der Waals surface area contributed by atoms with Gasteiger partial charge < -0.3 is 5.73 Å². The summed E-state index contributed by atoms with van der Waals surface area (Å²) in [5, 5.41) is 0.373. The lowest BCUT2D eigenvalue weighted by molar-refractivity contribution is 0.324. The van der Waals surface area contributed by atoms with E-state index in [0.29, 0.717) is 11.6 Å². The number of halogens is 1. The van der Waals surface area contributed by atoms with Crippen LogP contribution in [0.2, 0.25) is 5.02 Å². The maximum atomic E-state index is 12.8. The van der Waals surface area contributed by atoms with E-state index in [1.54, 1.807) is 6.07 Å². The molecule has 20 heavy (non-hydrogen) atoms. The van der Waals surface area contributed by atoms with Gasteiger partial charge in [-0.1, -0.05) is 31.9 Å². The fraction of sp³-hybridized carbons (Fsp3) is 0.571. The molecule has 0 saturated carbocycles. The van der Waals surface area contributed by atoms with E-state index in [2.05, 4.69) is 0 Å². The molecule has 114 valence electrons. The van der Waals surface area contributed by atoms with Crippen LogP contribution in [-0.4, -0.2) is 25.3 Å². The highest BCUT2D eigenvalue weighted by atomic mass is 35.5. The van der Waals surface area contributed by atoms with Crippen LogP contribution < -0.4 is 5.73 Å². The average molecular weight is 319 g/mol. The molecule has 1 aromatic rings. The third-order valence-corrected chi connectivity index (χ3v) is 5.68. The van der Waals surface area contributed by atoms with Crippen molar-refractivity contribution >= 4 is 27.3 Å². The quantitative estimate of drug-likeness (QED) is 0.782. The number of benzene rings is 1. The van der Waals surface area contributed by atoms with E-state index in [4.69, 9.17) is 17.3 Å². The van der Waals surface area contributed by atoms with Crippen molar-refractivity contribution in [3.63, 3.8) is 0 Å². The van der Waals surface area contributed by atoms with Crippen LogP contribution in [0, 0.1) is 0 Å². The Labute approximate surface area is 127 Å². The van der Waals surface area contributed by atoms with Crippen LogP contribution in [0.3, 0.4) is 0 Å². The number of hydrogen-bond acceptors (Lipinski definition) is 3. The van der Waals surface area contributed by atoms with Gasteiger partial charge in [-0.15, -0.1) is 0 Å². The molecular formula is C14H23ClN2O2S. The van der Waals surface area contributed by atoms with Gasteiger partial charge in [0, 0.05) is 17.6 Å². The van der Waals surface area contributed by atoms with Gasteiger partial charge in [0.05, 0.1) is 5.69 Å². The Morgan fingerprint density at radius 3 is 2.55 bits per heavy atom. The summed E-state index contributed by atoms with van der Waals surface area (Å²) in [7, 11) is -3.61. The lowest BCUT2D eigenvalue weighted by atomic mass is 10.2. The molecule has 1 unspecified atom stereocenters. The van der Waals surface area contributed by atoms with Crippen molar-refractivity contribution in [2.75, 3.05) is 12.3 Å². The van der Waals surface area contributed by atoms with Crippen LogP contribution in [0.15, 0.2) is 23.1 Å². The summed E-state index contributed by atoms with van der Waals surface area (Å²) >= 11 is 5.91. The number of anilines is 1. The van der Waals surface area contributed by atoms with Gasteiger partial charge in [-0.25, -0.2) is 8.42 Å². The lowest BCUT2D eigenvalue weighted by Crippen LogP contribution is -2.39. The highest BCUT2D eigenvalue weighted by molar-refractivity contribution is 7.89. The summed E-state index contributed by atoms with van der Waals surface area (Å²) in [6.07, 6.45) is 2.51. The predicted octanol–water partition coefficient (Wildman–Crippen LogP) is 3.51. The normalized spacial score (nSPS) is 13.7. The molecule has 0 fully saturated rings. The largest absolute Gasteiger partial charge is 0.398 e. The summed E-state index contributed by atoms with van der Waals surface area (Å²) in [4.78, 5) is 0.0985. The van der Waals surface area contributed by atoms with Crippen LogP contribution in [-0.2, 0) is 10.0 Å². The van der Waals surface area contributed by atoms with Gasteiger partial charge >= 0.3 is 0 Å². The number of unbranched alkanes of at least 4 members (excludes halogenated alkanes) is 1. The van der Waals surface area contributed by atoms with Crippen molar-refractivity contribution in [3.8, 4) is 0 Å². The van der Waals surface area contributed by atoms with Crippen LogP contribution in [0.25, 0.3) is 0 Å². The van der Waals surface area contributed by atoms with Crippen molar-refractivity contribution in [1.82, 2.24) is 4.31 Å². The Morgan fingerprint density at radius 1 is 1.35 bits per heavy atom. The Morgan fingerprint density at radius 2 is 2.00 bits per heavy atom. The molecule has 4 nitrogen and oxygen atoms in total.